The van der Waals surface area contributed by atoms with E-state index < -0.39 is 0 Å². The van der Waals surface area contributed by atoms with Crippen molar-refractivity contribution in [2.24, 2.45) is 0 Å². The molecule has 4 nitrogen and oxygen atoms in total. The predicted octanol–water partition coefficient (Wildman–Crippen LogP) is 2.40. The first-order chi connectivity index (χ1) is 8.11. The normalized spacial score (nSPS) is 9.12. The first-order valence-corrected chi connectivity index (χ1v) is 5.42. The second-order valence-electron chi connectivity index (χ2n) is 3.62. The van der Waals surface area contributed by atoms with Crippen molar-refractivity contribution in [2.75, 3.05) is 18.1 Å². The van der Waals surface area contributed by atoms with Crippen molar-refractivity contribution < 1.29 is 0 Å². The van der Waals surface area contributed by atoms with Crippen LogP contribution in [-0.4, -0.2) is 17.0 Å². The van der Waals surface area contributed by atoms with E-state index in [0.29, 0.717) is 5.82 Å². The molecule has 0 radical (unpaired) electrons. The summed E-state index contributed by atoms with van der Waals surface area (Å²) in [4.78, 5) is 8.13. The van der Waals surface area contributed by atoms with Crippen molar-refractivity contribution in [3.63, 3.8) is 0 Å². The first kappa shape index (κ1) is 13.0. The third-order valence-corrected chi connectivity index (χ3v) is 2.05. The van der Waals surface area contributed by atoms with Crippen LogP contribution in [0.4, 0.5) is 11.6 Å². The van der Waals surface area contributed by atoms with E-state index in [4.69, 9.17) is 5.73 Å². The van der Waals surface area contributed by atoms with Gasteiger partial charge in [0.05, 0.1) is 0 Å². The Bertz CT molecular complexity index is 451. The Labute approximate surface area is 102 Å². The summed E-state index contributed by atoms with van der Waals surface area (Å²) >= 11 is 0. The summed E-state index contributed by atoms with van der Waals surface area (Å²) in [6.07, 6.45) is 0. The molecule has 90 valence electrons. The van der Waals surface area contributed by atoms with Crippen molar-refractivity contribution >= 4 is 11.6 Å². The number of rotatable bonds is 1. The van der Waals surface area contributed by atoms with Crippen LogP contribution in [-0.2, 0) is 0 Å². The molecule has 0 amide bonds. The van der Waals surface area contributed by atoms with E-state index in [1.54, 1.807) is 6.07 Å². The number of nitrogens with one attached hydrogen (secondary N) is 1. The summed E-state index contributed by atoms with van der Waals surface area (Å²) in [5.41, 5.74) is 7.35. The monoisotopic (exact) mass is 230 g/mol. The molecule has 0 spiro atoms. The van der Waals surface area contributed by atoms with Crippen LogP contribution >= 0.6 is 0 Å². The van der Waals surface area contributed by atoms with Crippen LogP contribution < -0.4 is 11.1 Å². The highest BCUT2D eigenvalue weighted by Crippen LogP contribution is 2.00. The molecule has 2 rings (SSSR count). The molecular formula is C13H18N4. The summed E-state index contributed by atoms with van der Waals surface area (Å²) in [5.74, 6) is 1.51. The van der Waals surface area contributed by atoms with E-state index in [1.165, 1.54) is 0 Å². The molecule has 0 aliphatic heterocycles. The average Bonchev–Trinajstić information content (AvgIpc) is 2.29. The van der Waals surface area contributed by atoms with E-state index in [-0.39, 0.29) is 0 Å². The van der Waals surface area contributed by atoms with Crippen LogP contribution in [0.25, 0.3) is 0 Å². The van der Waals surface area contributed by atoms with Gasteiger partial charge in [-0.2, -0.15) is 0 Å². The van der Waals surface area contributed by atoms with Crippen molar-refractivity contribution in [1.29, 1.82) is 0 Å². The quantitative estimate of drug-likeness (QED) is 0.789. The third kappa shape index (κ3) is 4.97. The fourth-order valence-electron chi connectivity index (χ4n) is 1.25. The number of anilines is 2. The maximum atomic E-state index is 5.35. The minimum absolute atomic E-state index is 0.588. The number of hydrogen-bond donors (Lipinski definition) is 2. The van der Waals surface area contributed by atoms with Gasteiger partial charge in [0.1, 0.15) is 11.6 Å². The lowest BCUT2D eigenvalue weighted by atomic mass is 10.4. The second-order valence-corrected chi connectivity index (χ2v) is 3.62. The zero-order valence-electron chi connectivity index (χ0n) is 10.4. The van der Waals surface area contributed by atoms with Gasteiger partial charge in [-0.25, -0.2) is 9.97 Å². The zero-order valence-corrected chi connectivity index (χ0v) is 10.4. The number of nitrogens with zero attached hydrogens (tertiary/aromatic N) is 2. The summed E-state index contributed by atoms with van der Waals surface area (Å²) in [5, 5.41) is 2.96. The number of aryl methyl sites for hydroxylation is 2. The summed E-state index contributed by atoms with van der Waals surface area (Å²) in [7, 11) is 1.86. The lowest BCUT2D eigenvalue weighted by Gasteiger charge is -1.97. The Kier molecular flexibility index (Phi) is 4.94. The SMILES string of the molecule is CNc1cccc(C)n1.Cc1cccc(N)n1. The summed E-state index contributed by atoms with van der Waals surface area (Å²) < 4.78 is 0. The molecule has 3 N–H and O–H groups in total. The van der Waals surface area contributed by atoms with Crippen LogP contribution in [0.5, 0.6) is 0 Å². The molecule has 2 aromatic heterocycles. The van der Waals surface area contributed by atoms with Crippen molar-refractivity contribution in [3.8, 4) is 0 Å². The Hall–Kier alpha value is -2.10. The maximum Gasteiger partial charge on any atom is 0.125 e. The molecule has 0 saturated heterocycles. The molecule has 0 saturated carbocycles. The van der Waals surface area contributed by atoms with Gasteiger partial charge in [0, 0.05) is 18.4 Å². The van der Waals surface area contributed by atoms with Gasteiger partial charge in [0.15, 0.2) is 0 Å². The highest BCUT2D eigenvalue weighted by atomic mass is 15.0. The third-order valence-electron chi connectivity index (χ3n) is 2.05. The topological polar surface area (TPSA) is 63.8 Å². The van der Waals surface area contributed by atoms with Gasteiger partial charge in [0.25, 0.3) is 0 Å². The molecule has 2 aromatic rings. The van der Waals surface area contributed by atoms with E-state index in [1.807, 2.05) is 51.2 Å². The number of pyridine rings is 2. The predicted molar refractivity (Wildman–Crippen MR) is 71.9 cm³/mol. The molecule has 0 aliphatic carbocycles. The summed E-state index contributed by atoms with van der Waals surface area (Å²) in [6, 6.07) is 11.5. The van der Waals surface area contributed by atoms with Gasteiger partial charge < -0.3 is 11.1 Å². The molecule has 0 bridgehead atoms. The van der Waals surface area contributed by atoms with Gasteiger partial charge in [0.2, 0.25) is 0 Å². The van der Waals surface area contributed by atoms with Crippen LogP contribution in [0.2, 0.25) is 0 Å². The second kappa shape index (κ2) is 6.48. The molecule has 0 aromatic carbocycles. The number of aromatic nitrogens is 2. The van der Waals surface area contributed by atoms with Crippen LogP contribution in [0.3, 0.4) is 0 Å². The minimum Gasteiger partial charge on any atom is -0.384 e. The maximum absolute atomic E-state index is 5.35. The molecule has 0 atom stereocenters. The Balaban J connectivity index is 0.000000171. The number of hydrogen-bond acceptors (Lipinski definition) is 4. The van der Waals surface area contributed by atoms with Gasteiger partial charge >= 0.3 is 0 Å². The van der Waals surface area contributed by atoms with Gasteiger partial charge in [-0.1, -0.05) is 12.1 Å². The Morgan fingerprint density at radius 2 is 1.53 bits per heavy atom. The highest BCUT2D eigenvalue weighted by molar-refractivity contribution is 5.33. The van der Waals surface area contributed by atoms with E-state index in [2.05, 4.69) is 15.3 Å². The number of nitrogens with two attached hydrogens (primary N) is 1. The smallest absolute Gasteiger partial charge is 0.125 e. The fraction of sp³-hybridized carbons (Fsp3) is 0.231. The van der Waals surface area contributed by atoms with Crippen molar-refractivity contribution in [2.45, 2.75) is 13.8 Å². The molecule has 0 unspecified atom stereocenters. The van der Waals surface area contributed by atoms with Crippen LogP contribution in [0.15, 0.2) is 36.4 Å². The van der Waals surface area contributed by atoms with Crippen LogP contribution in [0.1, 0.15) is 11.4 Å². The molecule has 0 fully saturated rings. The van der Waals surface area contributed by atoms with Gasteiger partial charge in [-0.3, -0.25) is 0 Å². The largest absolute Gasteiger partial charge is 0.384 e. The van der Waals surface area contributed by atoms with Crippen LogP contribution in [0, 0.1) is 13.8 Å². The van der Waals surface area contributed by atoms with E-state index in [0.717, 1.165) is 17.2 Å². The Morgan fingerprint density at radius 1 is 0.941 bits per heavy atom. The zero-order chi connectivity index (χ0) is 12.7. The average molecular weight is 230 g/mol. The number of nitrogen functional groups attached to an aromatic ring is 1. The molecule has 0 aliphatic rings. The first-order valence-electron chi connectivity index (χ1n) is 5.42. The molecular weight excluding hydrogens is 212 g/mol. The standard InChI is InChI=1S/C7H10N2.C6H8N2/c1-6-4-3-5-7(8-2)9-6;1-5-3-2-4-6(7)8-5/h3-5H,1-2H3,(H,8,9);2-4H,1H3,(H2,7,8). The Morgan fingerprint density at radius 3 is 1.88 bits per heavy atom. The molecule has 17 heavy (non-hydrogen) atoms. The molecule has 2 heterocycles. The van der Waals surface area contributed by atoms with Crippen molar-refractivity contribution in [3.05, 3.63) is 47.8 Å². The van der Waals surface area contributed by atoms with Crippen molar-refractivity contribution in [1.82, 2.24) is 9.97 Å². The van der Waals surface area contributed by atoms with Gasteiger partial charge in [-0.05, 0) is 38.1 Å². The van der Waals surface area contributed by atoms with Gasteiger partial charge in [-0.15, -0.1) is 0 Å². The summed E-state index contributed by atoms with van der Waals surface area (Å²) in [6.45, 7) is 3.89. The lowest BCUT2D eigenvalue weighted by Crippen LogP contribution is -1.91. The highest BCUT2D eigenvalue weighted by Gasteiger charge is 1.86. The van der Waals surface area contributed by atoms with E-state index >= 15 is 0 Å². The van der Waals surface area contributed by atoms with E-state index in [9.17, 15) is 0 Å². The minimum atomic E-state index is 0.588. The lowest BCUT2D eigenvalue weighted by molar-refractivity contribution is 1.19. The molecule has 4 heteroatoms. The fourth-order valence-corrected chi connectivity index (χ4v) is 1.25.